The Kier molecular flexibility index (Phi) is 5.02. The van der Waals surface area contributed by atoms with Gasteiger partial charge in [0.05, 0.1) is 0 Å². The summed E-state index contributed by atoms with van der Waals surface area (Å²) in [6.07, 6.45) is 0. The standard InChI is InChI=1S/C12H15N.C7H5F2NO/c1-12(2,3)11-8-9-6-4-5-7-10(9)13-11;8-4-2-1-3-5(9)6(4)7(10)11/h4-8,13H,1-3H3;1-3H,(H2,10,11). The van der Waals surface area contributed by atoms with Crippen LogP contribution in [0.1, 0.15) is 36.8 Å². The molecule has 0 saturated heterocycles. The van der Waals surface area contributed by atoms with Gasteiger partial charge >= 0.3 is 0 Å². The monoisotopic (exact) mass is 330 g/mol. The minimum absolute atomic E-state index is 0.207. The van der Waals surface area contributed by atoms with Crippen LogP contribution in [0.15, 0.2) is 48.5 Å². The van der Waals surface area contributed by atoms with Gasteiger partial charge in [0.2, 0.25) is 0 Å². The van der Waals surface area contributed by atoms with Gasteiger partial charge in [-0.15, -0.1) is 0 Å². The predicted octanol–water partition coefficient (Wildman–Crippen LogP) is 4.53. The van der Waals surface area contributed by atoms with Gasteiger partial charge < -0.3 is 10.7 Å². The molecule has 3 rings (SSSR count). The van der Waals surface area contributed by atoms with Gasteiger partial charge in [0, 0.05) is 16.6 Å². The minimum Gasteiger partial charge on any atom is -0.365 e. The van der Waals surface area contributed by atoms with Crippen molar-refractivity contribution >= 4 is 16.8 Å². The quantitative estimate of drug-likeness (QED) is 0.676. The molecule has 5 heteroatoms. The largest absolute Gasteiger partial charge is 0.365 e. The molecular weight excluding hydrogens is 310 g/mol. The van der Waals surface area contributed by atoms with Crippen molar-refractivity contribution in [1.82, 2.24) is 4.98 Å². The van der Waals surface area contributed by atoms with Crippen molar-refractivity contribution < 1.29 is 13.6 Å². The molecule has 0 radical (unpaired) electrons. The highest BCUT2D eigenvalue weighted by Gasteiger charge is 2.15. The summed E-state index contributed by atoms with van der Waals surface area (Å²) in [5, 5.41) is 1.30. The van der Waals surface area contributed by atoms with Gasteiger partial charge in [0.1, 0.15) is 17.2 Å². The highest BCUT2D eigenvalue weighted by Crippen LogP contribution is 2.25. The third-order valence-corrected chi connectivity index (χ3v) is 3.55. The molecule has 3 aromatic rings. The number of aromatic amines is 1. The van der Waals surface area contributed by atoms with E-state index in [0.29, 0.717) is 0 Å². The van der Waals surface area contributed by atoms with Crippen molar-refractivity contribution in [1.29, 1.82) is 0 Å². The normalized spacial score (nSPS) is 11.0. The first-order valence-corrected chi connectivity index (χ1v) is 7.52. The maximum absolute atomic E-state index is 12.6. The van der Waals surface area contributed by atoms with Gasteiger partial charge in [-0.3, -0.25) is 4.79 Å². The van der Waals surface area contributed by atoms with E-state index in [-0.39, 0.29) is 5.41 Å². The van der Waals surface area contributed by atoms with Crippen LogP contribution in [-0.4, -0.2) is 10.9 Å². The Morgan fingerprint density at radius 3 is 2.04 bits per heavy atom. The molecule has 1 aromatic heterocycles. The predicted molar refractivity (Wildman–Crippen MR) is 91.9 cm³/mol. The van der Waals surface area contributed by atoms with Gasteiger partial charge in [0.25, 0.3) is 5.91 Å². The maximum Gasteiger partial charge on any atom is 0.254 e. The summed E-state index contributed by atoms with van der Waals surface area (Å²) in [4.78, 5) is 13.8. The molecule has 0 fully saturated rings. The summed E-state index contributed by atoms with van der Waals surface area (Å²) in [6.45, 7) is 6.66. The van der Waals surface area contributed by atoms with Crippen LogP contribution in [0.4, 0.5) is 8.78 Å². The molecule has 3 nitrogen and oxygen atoms in total. The molecular formula is C19H20F2N2O. The van der Waals surface area contributed by atoms with Crippen molar-refractivity contribution in [2.75, 3.05) is 0 Å². The Bertz CT molecular complexity index is 810. The molecule has 0 unspecified atom stereocenters. The Balaban J connectivity index is 0.000000177. The maximum atomic E-state index is 12.6. The molecule has 24 heavy (non-hydrogen) atoms. The van der Waals surface area contributed by atoms with Crippen LogP contribution >= 0.6 is 0 Å². The molecule has 3 N–H and O–H groups in total. The van der Waals surface area contributed by atoms with Gasteiger partial charge in [-0.1, -0.05) is 45.0 Å². The lowest BCUT2D eigenvalue weighted by atomic mass is 9.92. The topological polar surface area (TPSA) is 58.9 Å². The Hall–Kier alpha value is -2.69. The van der Waals surface area contributed by atoms with Crippen LogP contribution in [0.5, 0.6) is 0 Å². The number of halogens is 2. The zero-order chi connectivity index (χ0) is 17.9. The summed E-state index contributed by atoms with van der Waals surface area (Å²) < 4.78 is 25.1. The number of aromatic nitrogens is 1. The molecule has 0 aliphatic heterocycles. The Morgan fingerprint density at radius 1 is 1.00 bits per heavy atom. The zero-order valence-corrected chi connectivity index (χ0v) is 13.9. The molecule has 0 aliphatic rings. The number of primary amides is 1. The number of carbonyl (C=O) groups excluding carboxylic acids is 1. The molecule has 0 saturated carbocycles. The van der Waals surface area contributed by atoms with E-state index < -0.39 is 23.1 Å². The van der Waals surface area contributed by atoms with E-state index in [2.05, 4.69) is 56.1 Å². The fourth-order valence-electron chi connectivity index (χ4n) is 2.21. The summed E-state index contributed by atoms with van der Waals surface area (Å²) in [5.74, 6) is -2.96. The van der Waals surface area contributed by atoms with E-state index in [0.717, 1.165) is 18.2 Å². The SMILES string of the molecule is CC(C)(C)c1cc2ccccc2[nH]1.NC(=O)c1c(F)cccc1F. The number of hydrogen-bond acceptors (Lipinski definition) is 1. The third kappa shape index (κ3) is 3.98. The van der Waals surface area contributed by atoms with Crippen molar-refractivity contribution in [3.63, 3.8) is 0 Å². The van der Waals surface area contributed by atoms with Crippen LogP contribution in [-0.2, 0) is 5.41 Å². The van der Waals surface area contributed by atoms with Crippen LogP contribution in [0.25, 0.3) is 10.9 Å². The van der Waals surface area contributed by atoms with E-state index in [4.69, 9.17) is 5.73 Å². The number of benzene rings is 2. The van der Waals surface area contributed by atoms with Gasteiger partial charge in [-0.25, -0.2) is 8.78 Å². The number of carbonyl (C=O) groups is 1. The van der Waals surface area contributed by atoms with E-state index >= 15 is 0 Å². The first-order valence-electron chi connectivity index (χ1n) is 7.52. The van der Waals surface area contributed by atoms with Gasteiger partial charge in [-0.05, 0) is 29.7 Å². The molecule has 0 bridgehead atoms. The number of nitrogens with two attached hydrogens (primary N) is 1. The first-order chi connectivity index (χ1) is 11.2. The van der Waals surface area contributed by atoms with E-state index in [1.807, 2.05) is 0 Å². The molecule has 1 heterocycles. The minimum atomic E-state index is -1.10. The molecule has 1 amide bonds. The molecule has 126 valence electrons. The van der Waals surface area contributed by atoms with E-state index in [1.54, 1.807) is 0 Å². The lowest BCUT2D eigenvalue weighted by molar-refractivity contribution is 0.0992. The first kappa shape index (κ1) is 17.7. The second kappa shape index (κ2) is 6.83. The number of para-hydroxylation sites is 1. The number of H-pyrrole nitrogens is 1. The van der Waals surface area contributed by atoms with Crippen molar-refractivity contribution in [2.45, 2.75) is 26.2 Å². The molecule has 0 aliphatic carbocycles. The highest BCUT2D eigenvalue weighted by molar-refractivity contribution is 5.93. The molecule has 2 aromatic carbocycles. The summed E-state index contributed by atoms with van der Waals surface area (Å²) in [5.41, 5.74) is 6.75. The number of hydrogen-bond donors (Lipinski definition) is 2. The molecule has 0 spiro atoms. The number of nitrogens with one attached hydrogen (secondary N) is 1. The van der Waals surface area contributed by atoms with E-state index in [9.17, 15) is 13.6 Å². The van der Waals surface area contributed by atoms with Crippen LogP contribution in [0.2, 0.25) is 0 Å². The van der Waals surface area contributed by atoms with Crippen molar-refractivity contribution in [2.24, 2.45) is 5.73 Å². The average Bonchev–Trinajstić information content (AvgIpc) is 2.91. The average molecular weight is 330 g/mol. The lowest BCUT2D eigenvalue weighted by Crippen LogP contribution is -2.15. The second-order valence-electron chi connectivity index (χ2n) is 6.48. The van der Waals surface area contributed by atoms with Gasteiger partial charge in [-0.2, -0.15) is 0 Å². The number of rotatable bonds is 1. The number of fused-ring (bicyclic) bond motifs is 1. The highest BCUT2D eigenvalue weighted by atomic mass is 19.1. The lowest BCUT2D eigenvalue weighted by Gasteiger charge is -2.15. The second-order valence-corrected chi connectivity index (χ2v) is 6.48. The summed E-state index contributed by atoms with van der Waals surface area (Å²) >= 11 is 0. The fourth-order valence-corrected chi connectivity index (χ4v) is 2.21. The van der Waals surface area contributed by atoms with E-state index in [1.165, 1.54) is 16.6 Å². The zero-order valence-electron chi connectivity index (χ0n) is 13.9. The van der Waals surface area contributed by atoms with Crippen LogP contribution in [0, 0.1) is 11.6 Å². The fraction of sp³-hybridized carbons (Fsp3) is 0.211. The summed E-state index contributed by atoms with van der Waals surface area (Å²) in [6, 6.07) is 13.7. The third-order valence-electron chi connectivity index (χ3n) is 3.55. The van der Waals surface area contributed by atoms with Crippen LogP contribution in [0.3, 0.4) is 0 Å². The van der Waals surface area contributed by atoms with Crippen molar-refractivity contribution in [3.05, 3.63) is 71.4 Å². The smallest absolute Gasteiger partial charge is 0.254 e. The number of amides is 1. The molecule has 0 atom stereocenters. The Labute approximate surface area is 139 Å². The van der Waals surface area contributed by atoms with Gasteiger partial charge in [0.15, 0.2) is 0 Å². The van der Waals surface area contributed by atoms with Crippen molar-refractivity contribution in [3.8, 4) is 0 Å². The summed E-state index contributed by atoms with van der Waals surface area (Å²) in [7, 11) is 0. The van der Waals surface area contributed by atoms with Crippen LogP contribution < -0.4 is 5.73 Å². The Morgan fingerprint density at radius 2 is 1.58 bits per heavy atom.